The highest BCUT2D eigenvalue weighted by molar-refractivity contribution is 5.44. The lowest BCUT2D eigenvalue weighted by molar-refractivity contribution is 0.0368. The summed E-state index contributed by atoms with van der Waals surface area (Å²) in [6.45, 7) is 4.02. The highest BCUT2D eigenvalue weighted by atomic mass is 16.5. The Morgan fingerprint density at radius 2 is 2.23 bits per heavy atom. The monoisotopic (exact) mass is 300 g/mol. The lowest BCUT2D eigenvalue weighted by atomic mass is 10.2. The Morgan fingerprint density at radius 3 is 2.91 bits per heavy atom. The molecule has 0 spiro atoms. The number of nitrogens with zero attached hydrogens (tertiary/aromatic N) is 4. The molecule has 0 radical (unpaired) electrons. The van der Waals surface area contributed by atoms with Gasteiger partial charge in [-0.1, -0.05) is 0 Å². The molecular formula is C15H20N6O. The van der Waals surface area contributed by atoms with E-state index in [1.165, 1.54) is 0 Å². The van der Waals surface area contributed by atoms with E-state index in [0.717, 1.165) is 29.4 Å². The van der Waals surface area contributed by atoms with Gasteiger partial charge in [0.05, 0.1) is 30.7 Å². The van der Waals surface area contributed by atoms with E-state index < -0.39 is 0 Å². The van der Waals surface area contributed by atoms with Crippen molar-refractivity contribution in [2.75, 3.05) is 42.7 Å². The Balaban J connectivity index is 1.78. The van der Waals surface area contributed by atoms with Crippen molar-refractivity contribution < 1.29 is 4.74 Å². The fraction of sp³-hybridized carbons (Fsp3) is 0.400. The molecule has 7 heteroatoms. The molecule has 22 heavy (non-hydrogen) atoms. The number of nitrogens with one attached hydrogen (secondary N) is 1. The maximum Gasteiger partial charge on any atom is 0.222 e. The van der Waals surface area contributed by atoms with E-state index in [0.29, 0.717) is 19.1 Å². The first-order valence-corrected chi connectivity index (χ1v) is 7.27. The molecule has 1 atom stereocenters. The van der Waals surface area contributed by atoms with Crippen molar-refractivity contribution in [3.63, 3.8) is 0 Å². The molecule has 0 bridgehead atoms. The molecule has 2 aromatic rings. The summed E-state index contributed by atoms with van der Waals surface area (Å²) >= 11 is 0. The van der Waals surface area contributed by atoms with Crippen molar-refractivity contribution in [3.8, 4) is 0 Å². The third-order valence-electron chi connectivity index (χ3n) is 3.65. The topological polar surface area (TPSA) is 89.2 Å². The van der Waals surface area contributed by atoms with Gasteiger partial charge in [-0.15, -0.1) is 0 Å². The van der Waals surface area contributed by atoms with E-state index in [-0.39, 0.29) is 6.10 Å². The van der Waals surface area contributed by atoms with Crippen molar-refractivity contribution in [2.45, 2.75) is 13.0 Å². The second kappa shape index (κ2) is 6.15. The van der Waals surface area contributed by atoms with Crippen molar-refractivity contribution in [3.05, 3.63) is 35.8 Å². The van der Waals surface area contributed by atoms with Crippen LogP contribution in [-0.4, -0.2) is 41.7 Å². The van der Waals surface area contributed by atoms with Gasteiger partial charge in [0.15, 0.2) is 0 Å². The molecule has 0 amide bonds. The Hall–Kier alpha value is -2.41. The van der Waals surface area contributed by atoms with Crippen LogP contribution in [0, 0.1) is 6.92 Å². The summed E-state index contributed by atoms with van der Waals surface area (Å²) < 4.78 is 5.85. The first-order chi connectivity index (χ1) is 10.7. The fourth-order valence-corrected chi connectivity index (χ4v) is 2.52. The van der Waals surface area contributed by atoms with Crippen LogP contribution in [0.1, 0.15) is 17.5 Å². The van der Waals surface area contributed by atoms with Crippen molar-refractivity contribution in [1.29, 1.82) is 0 Å². The van der Waals surface area contributed by atoms with E-state index in [4.69, 9.17) is 10.5 Å². The van der Waals surface area contributed by atoms with Gasteiger partial charge >= 0.3 is 0 Å². The number of anilines is 3. The summed E-state index contributed by atoms with van der Waals surface area (Å²) in [4.78, 5) is 15.1. The predicted molar refractivity (Wildman–Crippen MR) is 85.9 cm³/mol. The average Bonchev–Trinajstić information content (AvgIpc) is 2.54. The zero-order chi connectivity index (χ0) is 15.5. The zero-order valence-corrected chi connectivity index (χ0v) is 12.8. The van der Waals surface area contributed by atoms with Crippen molar-refractivity contribution >= 4 is 17.5 Å². The number of rotatable bonds is 3. The number of aromatic nitrogens is 3. The summed E-state index contributed by atoms with van der Waals surface area (Å²) in [6, 6.07) is 5.92. The number of pyridine rings is 1. The molecule has 1 fully saturated rings. The second-order valence-corrected chi connectivity index (χ2v) is 5.25. The number of aryl methyl sites for hydroxylation is 1. The van der Waals surface area contributed by atoms with E-state index in [1.54, 1.807) is 0 Å². The van der Waals surface area contributed by atoms with Crippen LogP contribution in [0.25, 0.3) is 0 Å². The van der Waals surface area contributed by atoms with Crippen LogP contribution in [0.2, 0.25) is 0 Å². The first kappa shape index (κ1) is 14.5. The highest BCUT2D eigenvalue weighted by Gasteiger charge is 2.24. The molecule has 1 saturated heterocycles. The van der Waals surface area contributed by atoms with Gasteiger partial charge in [-0.05, 0) is 19.1 Å². The molecule has 3 N–H and O–H groups in total. The van der Waals surface area contributed by atoms with Crippen LogP contribution in [0.5, 0.6) is 0 Å². The van der Waals surface area contributed by atoms with E-state index in [9.17, 15) is 0 Å². The molecule has 0 unspecified atom stereocenters. The fourth-order valence-electron chi connectivity index (χ4n) is 2.52. The van der Waals surface area contributed by atoms with Crippen molar-refractivity contribution in [1.82, 2.24) is 15.0 Å². The van der Waals surface area contributed by atoms with Crippen LogP contribution in [0.4, 0.5) is 17.5 Å². The van der Waals surface area contributed by atoms with Gasteiger partial charge in [-0.3, -0.25) is 4.98 Å². The highest BCUT2D eigenvalue weighted by Crippen LogP contribution is 2.25. The molecule has 116 valence electrons. The number of ether oxygens (including phenoxy) is 1. The number of hydrogen-bond donors (Lipinski definition) is 2. The summed E-state index contributed by atoms with van der Waals surface area (Å²) in [7, 11) is 1.87. The van der Waals surface area contributed by atoms with Crippen LogP contribution >= 0.6 is 0 Å². The van der Waals surface area contributed by atoms with E-state index >= 15 is 0 Å². The minimum atomic E-state index is -0.0730. The molecule has 3 heterocycles. The Bertz CT molecular complexity index is 625. The normalized spacial score (nSPS) is 18.3. The molecule has 0 aromatic carbocycles. The molecule has 3 rings (SSSR count). The average molecular weight is 300 g/mol. The summed E-state index contributed by atoms with van der Waals surface area (Å²) in [5.41, 5.74) is 8.51. The Kier molecular flexibility index (Phi) is 4.06. The Labute approximate surface area is 129 Å². The molecule has 0 saturated carbocycles. The lowest BCUT2D eigenvalue weighted by Crippen LogP contribution is -2.39. The third kappa shape index (κ3) is 3.09. The summed E-state index contributed by atoms with van der Waals surface area (Å²) in [5, 5.41) is 3.06. The van der Waals surface area contributed by atoms with Crippen LogP contribution in [0.3, 0.4) is 0 Å². The largest absolute Gasteiger partial charge is 0.387 e. The minimum absolute atomic E-state index is 0.0730. The SMILES string of the molecule is CNc1ccc([C@@H]2CN(c3cc(C)nc(N)n3)CCO2)nc1. The van der Waals surface area contributed by atoms with Crippen molar-refractivity contribution in [2.24, 2.45) is 0 Å². The lowest BCUT2D eigenvalue weighted by Gasteiger charge is -2.33. The first-order valence-electron chi connectivity index (χ1n) is 7.27. The minimum Gasteiger partial charge on any atom is -0.387 e. The number of nitrogen functional groups attached to an aromatic ring is 1. The van der Waals surface area contributed by atoms with Gasteiger partial charge in [0.25, 0.3) is 0 Å². The number of nitrogens with two attached hydrogens (primary N) is 1. The van der Waals surface area contributed by atoms with Gasteiger partial charge in [-0.2, -0.15) is 4.98 Å². The molecule has 7 nitrogen and oxygen atoms in total. The van der Waals surface area contributed by atoms with Gasteiger partial charge in [0.2, 0.25) is 5.95 Å². The second-order valence-electron chi connectivity index (χ2n) is 5.25. The zero-order valence-electron chi connectivity index (χ0n) is 12.8. The molecule has 2 aromatic heterocycles. The van der Waals surface area contributed by atoms with Gasteiger partial charge in [0.1, 0.15) is 11.9 Å². The van der Waals surface area contributed by atoms with E-state index in [2.05, 4.69) is 25.2 Å². The quantitative estimate of drug-likeness (QED) is 0.885. The summed E-state index contributed by atoms with van der Waals surface area (Å²) in [5.74, 6) is 1.14. The Morgan fingerprint density at radius 1 is 1.36 bits per heavy atom. The van der Waals surface area contributed by atoms with Gasteiger partial charge in [0, 0.05) is 25.4 Å². The molecular weight excluding hydrogens is 280 g/mol. The van der Waals surface area contributed by atoms with Crippen LogP contribution in [0.15, 0.2) is 24.4 Å². The summed E-state index contributed by atoms with van der Waals surface area (Å²) in [6.07, 6.45) is 1.74. The van der Waals surface area contributed by atoms with Crippen LogP contribution in [-0.2, 0) is 4.74 Å². The maximum atomic E-state index is 5.85. The number of hydrogen-bond acceptors (Lipinski definition) is 7. The molecule has 1 aliphatic heterocycles. The van der Waals surface area contributed by atoms with E-state index in [1.807, 2.05) is 38.4 Å². The van der Waals surface area contributed by atoms with Gasteiger partial charge < -0.3 is 20.7 Å². The maximum absolute atomic E-state index is 5.85. The number of morpholine rings is 1. The standard InChI is InChI=1S/C15H20N6O/c1-10-7-14(20-15(16)19-10)21-5-6-22-13(9-21)12-4-3-11(17-2)8-18-12/h3-4,7-8,13,17H,5-6,9H2,1-2H3,(H2,16,19,20)/t13-/m0/s1. The van der Waals surface area contributed by atoms with Gasteiger partial charge in [-0.25, -0.2) is 4.98 Å². The van der Waals surface area contributed by atoms with Crippen LogP contribution < -0.4 is 16.0 Å². The smallest absolute Gasteiger partial charge is 0.222 e. The molecule has 1 aliphatic rings. The predicted octanol–water partition coefficient (Wildman–Crippen LogP) is 1.38. The third-order valence-corrected chi connectivity index (χ3v) is 3.65. The molecule has 0 aliphatic carbocycles.